The Balaban J connectivity index is 2.45. The lowest BCUT2D eigenvalue weighted by Crippen LogP contribution is -2.15. The van der Waals surface area contributed by atoms with Gasteiger partial charge in [0.1, 0.15) is 11.2 Å². The molecule has 0 amide bonds. The van der Waals surface area contributed by atoms with Gasteiger partial charge in [0.25, 0.3) is 0 Å². The van der Waals surface area contributed by atoms with Gasteiger partial charge < -0.3 is 5.73 Å². The van der Waals surface area contributed by atoms with E-state index in [4.69, 9.17) is 5.73 Å². The number of imidazole rings is 1. The molecule has 0 atom stereocenters. The molecule has 7 heteroatoms. The first-order valence-corrected chi connectivity index (χ1v) is 5.39. The number of nitrogens with zero attached hydrogens (tertiary/aromatic N) is 3. The minimum Gasteiger partial charge on any atom is -0.383 e. The smallest absolute Gasteiger partial charge is 0.333 e. The lowest BCUT2D eigenvalue weighted by Gasteiger charge is -1.95. The zero-order chi connectivity index (χ0) is 12.3. The molecule has 3 aromatic heterocycles. The van der Waals surface area contributed by atoms with Crippen LogP contribution in [0.25, 0.3) is 27.7 Å². The monoisotopic (exact) mass is 240 g/mol. The van der Waals surface area contributed by atoms with Crippen LogP contribution >= 0.6 is 0 Å². The third kappa shape index (κ3) is 0.956. The van der Waals surface area contributed by atoms with Crippen LogP contribution < -0.4 is 11.4 Å². The van der Waals surface area contributed by atoms with E-state index in [2.05, 4.69) is 20.2 Å². The Morgan fingerprint density at radius 3 is 3.00 bits per heavy atom. The average molecular weight is 240 g/mol. The molecule has 0 radical (unpaired) electrons. The van der Waals surface area contributed by atoms with Crippen LogP contribution in [0.2, 0.25) is 0 Å². The number of aromatic nitrogens is 5. The SMILES string of the molecule is Nc1[nH]nc2[nH]c(=O)n3c4ccccc4nc3c12. The summed E-state index contributed by atoms with van der Waals surface area (Å²) in [6.45, 7) is 0. The molecule has 3 heterocycles. The Bertz CT molecular complexity index is 960. The van der Waals surface area contributed by atoms with E-state index < -0.39 is 0 Å². The minimum absolute atomic E-state index is 0.280. The molecule has 0 bridgehead atoms. The fraction of sp³-hybridized carbons (Fsp3) is 0. The van der Waals surface area contributed by atoms with Gasteiger partial charge in [0.15, 0.2) is 11.3 Å². The zero-order valence-corrected chi connectivity index (χ0v) is 9.14. The predicted octanol–water partition coefficient (Wildman–Crippen LogP) is 0.634. The Morgan fingerprint density at radius 2 is 2.11 bits per heavy atom. The summed E-state index contributed by atoms with van der Waals surface area (Å²) in [6, 6.07) is 7.42. The first kappa shape index (κ1) is 9.23. The van der Waals surface area contributed by atoms with Crippen molar-refractivity contribution in [2.75, 3.05) is 5.73 Å². The number of anilines is 1. The number of hydrogen-bond acceptors (Lipinski definition) is 4. The number of para-hydroxylation sites is 2. The highest BCUT2D eigenvalue weighted by Gasteiger charge is 2.14. The molecule has 0 aliphatic heterocycles. The average Bonchev–Trinajstić information content (AvgIpc) is 2.90. The molecule has 4 aromatic rings. The Labute approximate surface area is 99.3 Å². The van der Waals surface area contributed by atoms with Crippen molar-refractivity contribution in [2.24, 2.45) is 0 Å². The number of hydrogen-bond donors (Lipinski definition) is 3. The number of nitrogens with one attached hydrogen (secondary N) is 2. The van der Waals surface area contributed by atoms with Gasteiger partial charge in [-0.25, -0.2) is 14.2 Å². The van der Waals surface area contributed by atoms with Crippen LogP contribution in [0, 0.1) is 0 Å². The van der Waals surface area contributed by atoms with Crippen molar-refractivity contribution in [3.05, 3.63) is 34.7 Å². The summed E-state index contributed by atoms with van der Waals surface area (Å²) in [4.78, 5) is 19.2. The molecule has 0 aliphatic carbocycles. The van der Waals surface area contributed by atoms with Crippen molar-refractivity contribution in [1.82, 2.24) is 24.6 Å². The summed E-state index contributed by atoms with van der Waals surface area (Å²) in [6.07, 6.45) is 0. The molecule has 0 saturated heterocycles. The molecule has 1 aromatic carbocycles. The van der Waals surface area contributed by atoms with Gasteiger partial charge >= 0.3 is 5.69 Å². The van der Waals surface area contributed by atoms with E-state index in [9.17, 15) is 4.79 Å². The molecule has 18 heavy (non-hydrogen) atoms. The van der Waals surface area contributed by atoms with E-state index in [1.807, 2.05) is 24.3 Å². The van der Waals surface area contributed by atoms with Gasteiger partial charge in [0.05, 0.1) is 11.0 Å². The molecule has 0 aliphatic rings. The highest BCUT2D eigenvalue weighted by Crippen LogP contribution is 2.23. The molecular weight excluding hydrogens is 232 g/mol. The number of benzene rings is 1. The second-order valence-corrected chi connectivity index (χ2v) is 4.05. The van der Waals surface area contributed by atoms with Crippen molar-refractivity contribution in [2.45, 2.75) is 0 Å². The fourth-order valence-electron chi connectivity index (χ4n) is 2.23. The molecule has 0 fully saturated rings. The predicted molar refractivity (Wildman–Crippen MR) is 67.4 cm³/mol. The van der Waals surface area contributed by atoms with Crippen LogP contribution in [-0.2, 0) is 0 Å². The largest absolute Gasteiger partial charge is 0.383 e. The number of rotatable bonds is 0. The summed E-state index contributed by atoms with van der Waals surface area (Å²) < 4.78 is 1.50. The Morgan fingerprint density at radius 1 is 1.28 bits per heavy atom. The van der Waals surface area contributed by atoms with Crippen molar-refractivity contribution in [3.63, 3.8) is 0 Å². The molecular formula is C11H8N6O. The minimum atomic E-state index is -0.280. The van der Waals surface area contributed by atoms with Crippen molar-refractivity contribution >= 4 is 33.5 Å². The second-order valence-electron chi connectivity index (χ2n) is 4.05. The Hall–Kier alpha value is -2.83. The van der Waals surface area contributed by atoms with Gasteiger partial charge in [-0.1, -0.05) is 12.1 Å². The lowest BCUT2D eigenvalue weighted by atomic mass is 10.3. The molecule has 0 unspecified atom stereocenters. The van der Waals surface area contributed by atoms with Crippen molar-refractivity contribution < 1.29 is 0 Å². The van der Waals surface area contributed by atoms with Crippen LogP contribution in [0.1, 0.15) is 0 Å². The van der Waals surface area contributed by atoms with Crippen LogP contribution in [-0.4, -0.2) is 24.6 Å². The molecule has 4 N–H and O–H groups in total. The molecule has 88 valence electrons. The molecule has 4 rings (SSSR count). The van der Waals surface area contributed by atoms with E-state index in [1.54, 1.807) is 0 Å². The number of H-pyrrole nitrogens is 2. The summed E-state index contributed by atoms with van der Waals surface area (Å²) in [7, 11) is 0. The van der Waals surface area contributed by atoms with Crippen LogP contribution in [0.3, 0.4) is 0 Å². The number of nitrogens with two attached hydrogens (primary N) is 1. The Kier molecular flexibility index (Phi) is 1.48. The quantitative estimate of drug-likeness (QED) is 0.419. The number of fused-ring (bicyclic) bond motifs is 5. The summed E-state index contributed by atoms with van der Waals surface area (Å²) in [5, 5.41) is 7.22. The van der Waals surface area contributed by atoms with Gasteiger partial charge in [0.2, 0.25) is 0 Å². The first-order valence-electron chi connectivity index (χ1n) is 5.39. The van der Waals surface area contributed by atoms with Gasteiger partial charge in [-0.3, -0.25) is 10.1 Å². The van der Waals surface area contributed by atoms with E-state index in [-0.39, 0.29) is 5.69 Å². The maximum absolute atomic E-state index is 12.0. The highest BCUT2D eigenvalue weighted by molar-refractivity contribution is 6.00. The van der Waals surface area contributed by atoms with E-state index in [0.29, 0.717) is 22.5 Å². The third-order valence-corrected chi connectivity index (χ3v) is 3.01. The fourth-order valence-corrected chi connectivity index (χ4v) is 2.23. The molecule has 0 saturated carbocycles. The van der Waals surface area contributed by atoms with E-state index >= 15 is 0 Å². The van der Waals surface area contributed by atoms with Gasteiger partial charge in [-0.05, 0) is 12.1 Å². The maximum atomic E-state index is 12.0. The molecule has 7 nitrogen and oxygen atoms in total. The first-order chi connectivity index (χ1) is 8.75. The zero-order valence-electron chi connectivity index (χ0n) is 9.14. The van der Waals surface area contributed by atoms with E-state index in [0.717, 1.165) is 11.0 Å². The van der Waals surface area contributed by atoms with E-state index in [1.165, 1.54) is 4.40 Å². The number of nitrogen functional groups attached to an aromatic ring is 1. The van der Waals surface area contributed by atoms with Crippen LogP contribution in [0.5, 0.6) is 0 Å². The number of aromatic amines is 2. The highest BCUT2D eigenvalue weighted by atomic mass is 16.1. The third-order valence-electron chi connectivity index (χ3n) is 3.01. The topological polar surface area (TPSA) is 105 Å². The summed E-state index contributed by atoms with van der Waals surface area (Å²) in [5.41, 5.74) is 7.97. The summed E-state index contributed by atoms with van der Waals surface area (Å²) >= 11 is 0. The molecule has 0 spiro atoms. The van der Waals surface area contributed by atoms with Crippen LogP contribution in [0.4, 0.5) is 5.82 Å². The van der Waals surface area contributed by atoms with Gasteiger partial charge in [-0.2, -0.15) is 5.10 Å². The van der Waals surface area contributed by atoms with Crippen molar-refractivity contribution in [1.29, 1.82) is 0 Å². The lowest BCUT2D eigenvalue weighted by molar-refractivity contribution is 1.03. The normalized spacial score (nSPS) is 11.8. The van der Waals surface area contributed by atoms with Gasteiger partial charge in [0, 0.05) is 0 Å². The summed E-state index contributed by atoms with van der Waals surface area (Å²) in [5.74, 6) is 0.390. The standard InChI is InChI=1S/C11H8N6O/c12-8-7-9(16-15-8)14-11(18)17-6-4-2-1-3-5(6)13-10(7)17/h1-4H,(H4,12,14,15,16,18). The van der Waals surface area contributed by atoms with Crippen molar-refractivity contribution in [3.8, 4) is 0 Å². The van der Waals surface area contributed by atoms with Gasteiger partial charge in [-0.15, -0.1) is 0 Å². The second kappa shape index (κ2) is 2.89. The van der Waals surface area contributed by atoms with Crippen LogP contribution in [0.15, 0.2) is 29.1 Å². The maximum Gasteiger partial charge on any atom is 0.333 e.